The molecule has 102 valence electrons. The van der Waals surface area contributed by atoms with Crippen molar-refractivity contribution in [2.45, 2.75) is 46.1 Å². The maximum atomic E-state index is 11.3. The molecule has 0 aromatic carbocycles. The Morgan fingerprint density at radius 1 is 0.944 bits per heavy atom. The molecule has 0 aliphatic rings. The van der Waals surface area contributed by atoms with Crippen molar-refractivity contribution in [3.63, 3.8) is 0 Å². The molecule has 1 atom stereocenters. The van der Waals surface area contributed by atoms with Gasteiger partial charge in [0.25, 0.3) is 0 Å². The molecule has 0 aliphatic carbocycles. The number of hydrogen-bond acceptors (Lipinski definition) is 4. The van der Waals surface area contributed by atoms with Crippen LogP contribution in [0.5, 0.6) is 0 Å². The molecule has 0 spiro atoms. The van der Waals surface area contributed by atoms with Gasteiger partial charge in [-0.1, -0.05) is 6.92 Å². The first-order chi connectivity index (χ1) is 8.35. The maximum Gasteiger partial charge on any atom is 0.227 e. The van der Waals surface area contributed by atoms with Crippen LogP contribution >= 0.6 is 0 Å². The van der Waals surface area contributed by atoms with Gasteiger partial charge in [-0.2, -0.15) is 0 Å². The quantitative estimate of drug-likeness (QED) is 0.596. The molecule has 2 amide bonds. The third-order valence-electron chi connectivity index (χ3n) is 2.22. The van der Waals surface area contributed by atoms with Crippen LogP contribution in [-0.2, 0) is 19.2 Å². The second-order valence-corrected chi connectivity index (χ2v) is 4.23. The third-order valence-corrected chi connectivity index (χ3v) is 2.22. The summed E-state index contributed by atoms with van der Waals surface area (Å²) in [5.41, 5.74) is 0. The molecule has 6 heteroatoms. The van der Waals surface area contributed by atoms with E-state index in [-0.39, 0.29) is 48.8 Å². The standard InChI is InChI=1S/C12H20N2O4/c1-4-10(14-12(18)6-9(3)16)7-13-11(17)5-8(2)15/h10H,4-7H2,1-3H3,(H,13,17)(H,14,18). The summed E-state index contributed by atoms with van der Waals surface area (Å²) in [4.78, 5) is 44.0. The Morgan fingerprint density at radius 3 is 1.89 bits per heavy atom. The molecule has 0 rings (SSSR count). The van der Waals surface area contributed by atoms with Gasteiger partial charge >= 0.3 is 0 Å². The number of carbonyl (C=O) groups excluding carboxylic acids is 4. The third kappa shape index (κ3) is 8.43. The first-order valence-electron chi connectivity index (χ1n) is 5.90. The van der Waals surface area contributed by atoms with Gasteiger partial charge in [0.2, 0.25) is 11.8 Å². The van der Waals surface area contributed by atoms with Crippen LogP contribution in [0.25, 0.3) is 0 Å². The lowest BCUT2D eigenvalue weighted by atomic mass is 10.2. The number of ketones is 2. The van der Waals surface area contributed by atoms with Gasteiger partial charge in [0.05, 0.1) is 12.8 Å². The number of nitrogens with one attached hydrogen (secondary N) is 2. The van der Waals surface area contributed by atoms with Crippen molar-refractivity contribution in [1.29, 1.82) is 0 Å². The Hall–Kier alpha value is -1.72. The summed E-state index contributed by atoms with van der Waals surface area (Å²) in [5, 5.41) is 5.21. The molecule has 18 heavy (non-hydrogen) atoms. The van der Waals surface area contributed by atoms with Gasteiger partial charge in [-0.25, -0.2) is 0 Å². The van der Waals surface area contributed by atoms with E-state index < -0.39 is 0 Å². The van der Waals surface area contributed by atoms with E-state index in [4.69, 9.17) is 0 Å². The fourth-order valence-electron chi connectivity index (χ4n) is 1.33. The van der Waals surface area contributed by atoms with Gasteiger partial charge in [0, 0.05) is 12.6 Å². The Labute approximate surface area is 106 Å². The minimum absolute atomic E-state index is 0.155. The highest BCUT2D eigenvalue weighted by Crippen LogP contribution is 1.92. The van der Waals surface area contributed by atoms with E-state index in [1.54, 1.807) is 0 Å². The zero-order valence-corrected chi connectivity index (χ0v) is 11.0. The van der Waals surface area contributed by atoms with E-state index in [9.17, 15) is 19.2 Å². The Balaban J connectivity index is 4.04. The summed E-state index contributed by atoms with van der Waals surface area (Å²) >= 11 is 0. The molecule has 0 saturated heterocycles. The average molecular weight is 256 g/mol. The molecule has 0 aromatic heterocycles. The Kier molecular flexibility index (Phi) is 7.58. The van der Waals surface area contributed by atoms with Crippen molar-refractivity contribution in [3.8, 4) is 0 Å². The largest absolute Gasteiger partial charge is 0.354 e. The molecule has 0 saturated carbocycles. The smallest absolute Gasteiger partial charge is 0.227 e. The molecule has 2 N–H and O–H groups in total. The van der Waals surface area contributed by atoms with Crippen LogP contribution in [0.15, 0.2) is 0 Å². The normalized spacial score (nSPS) is 11.5. The lowest BCUT2D eigenvalue weighted by molar-refractivity contribution is -0.130. The van der Waals surface area contributed by atoms with Crippen molar-refractivity contribution < 1.29 is 19.2 Å². The maximum absolute atomic E-state index is 11.3. The zero-order valence-electron chi connectivity index (χ0n) is 11.0. The summed E-state index contributed by atoms with van der Waals surface area (Å²) in [6.45, 7) is 4.79. The van der Waals surface area contributed by atoms with E-state index in [0.717, 1.165) is 0 Å². The number of carbonyl (C=O) groups is 4. The van der Waals surface area contributed by atoms with Crippen LogP contribution in [0.2, 0.25) is 0 Å². The van der Waals surface area contributed by atoms with Crippen LogP contribution in [0, 0.1) is 0 Å². The molecule has 0 heterocycles. The molecule has 0 bridgehead atoms. The lowest BCUT2D eigenvalue weighted by Crippen LogP contribution is -2.43. The van der Waals surface area contributed by atoms with Crippen LogP contribution in [-0.4, -0.2) is 36.0 Å². The van der Waals surface area contributed by atoms with E-state index >= 15 is 0 Å². The fraction of sp³-hybridized carbons (Fsp3) is 0.667. The highest BCUT2D eigenvalue weighted by Gasteiger charge is 2.13. The molecule has 6 nitrogen and oxygen atoms in total. The second kappa shape index (κ2) is 8.38. The zero-order chi connectivity index (χ0) is 14.1. The van der Waals surface area contributed by atoms with Crippen molar-refractivity contribution in [2.75, 3.05) is 6.54 Å². The Morgan fingerprint density at radius 2 is 1.44 bits per heavy atom. The summed E-state index contributed by atoms with van der Waals surface area (Å²) in [7, 11) is 0. The van der Waals surface area contributed by atoms with Gasteiger partial charge in [0.1, 0.15) is 11.6 Å². The van der Waals surface area contributed by atoms with E-state index in [0.29, 0.717) is 6.42 Å². The Bertz CT molecular complexity index is 339. The van der Waals surface area contributed by atoms with E-state index in [2.05, 4.69) is 10.6 Å². The average Bonchev–Trinajstić information content (AvgIpc) is 2.21. The van der Waals surface area contributed by atoms with Crippen LogP contribution in [0.4, 0.5) is 0 Å². The highest BCUT2D eigenvalue weighted by atomic mass is 16.2. The van der Waals surface area contributed by atoms with Crippen molar-refractivity contribution in [3.05, 3.63) is 0 Å². The van der Waals surface area contributed by atoms with Crippen molar-refractivity contribution in [1.82, 2.24) is 10.6 Å². The number of hydrogen-bond donors (Lipinski definition) is 2. The van der Waals surface area contributed by atoms with Crippen molar-refractivity contribution in [2.24, 2.45) is 0 Å². The summed E-state index contributed by atoms with van der Waals surface area (Å²) in [6, 6.07) is -0.229. The lowest BCUT2D eigenvalue weighted by Gasteiger charge is -2.17. The van der Waals surface area contributed by atoms with Crippen LogP contribution in [0.3, 0.4) is 0 Å². The number of rotatable bonds is 8. The van der Waals surface area contributed by atoms with Gasteiger partial charge in [0.15, 0.2) is 0 Å². The SMILES string of the molecule is CCC(CNC(=O)CC(C)=O)NC(=O)CC(C)=O. The molecule has 0 aromatic rings. The van der Waals surface area contributed by atoms with Crippen LogP contribution < -0.4 is 10.6 Å². The van der Waals surface area contributed by atoms with Crippen LogP contribution in [0.1, 0.15) is 40.0 Å². The van der Waals surface area contributed by atoms with Gasteiger partial charge in [-0.05, 0) is 20.3 Å². The monoisotopic (exact) mass is 256 g/mol. The summed E-state index contributed by atoms with van der Waals surface area (Å²) < 4.78 is 0. The molecule has 0 fully saturated rings. The molecular weight excluding hydrogens is 236 g/mol. The number of Topliss-reactive ketones (excluding diaryl/α,β-unsaturated/α-hetero) is 2. The summed E-state index contributed by atoms with van der Waals surface area (Å²) in [6.07, 6.45) is 0.319. The molecule has 0 radical (unpaired) electrons. The predicted molar refractivity (Wildman–Crippen MR) is 65.8 cm³/mol. The second-order valence-electron chi connectivity index (χ2n) is 4.23. The van der Waals surface area contributed by atoms with Crippen molar-refractivity contribution >= 4 is 23.4 Å². The van der Waals surface area contributed by atoms with E-state index in [1.165, 1.54) is 13.8 Å². The van der Waals surface area contributed by atoms with E-state index in [1.807, 2.05) is 6.92 Å². The minimum Gasteiger partial charge on any atom is -0.354 e. The highest BCUT2D eigenvalue weighted by molar-refractivity contribution is 5.97. The first-order valence-corrected chi connectivity index (χ1v) is 5.90. The molecule has 1 unspecified atom stereocenters. The van der Waals surface area contributed by atoms with Gasteiger partial charge < -0.3 is 10.6 Å². The fourth-order valence-corrected chi connectivity index (χ4v) is 1.33. The first kappa shape index (κ1) is 16.3. The molecular formula is C12H20N2O4. The number of amides is 2. The van der Waals surface area contributed by atoms with Gasteiger partial charge in [-0.3, -0.25) is 19.2 Å². The topological polar surface area (TPSA) is 92.3 Å². The predicted octanol–water partition coefficient (Wildman–Crippen LogP) is -0.0444. The molecule has 0 aliphatic heterocycles. The van der Waals surface area contributed by atoms with Gasteiger partial charge in [-0.15, -0.1) is 0 Å². The summed E-state index contributed by atoms with van der Waals surface area (Å²) in [5.74, 6) is -1.12. The minimum atomic E-state index is -0.359.